The Bertz CT molecular complexity index is 1030. The first-order valence-corrected chi connectivity index (χ1v) is 12.1. The summed E-state index contributed by atoms with van der Waals surface area (Å²) in [4.78, 5) is 15.7. The van der Waals surface area contributed by atoms with Gasteiger partial charge >= 0.3 is 0 Å². The Hall–Kier alpha value is -2.45. The fourth-order valence-corrected chi connectivity index (χ4v) is 5.63. The lowest BCUT2D eigenvalue weighted by Crippen LogP contribution is -2.49. The maximum atomic E-state index is 11.8. The summed E-state index contributed by atoms with van der Waals surface area (Å²) >= 11 is 0. The first-order valence-electron chi connectivity index (χ1n) is 10.2. The van der Waals surface area contributed by atoms with E-state index in [1.807, 2.05) is 18.0 Å². The normalized spacial score (nSPS) is 24.0. The monoisotopic (exact) mass is 429 g/mol. The maximum Gasteiger partial charge on any atom is 0.293 e. The van der Waals surface area contributed by atoms with Gasteiger partial charge in [-0.2, -0.15) is 0 Å². The van der Waals surface area contributed by atoms with Gasteiger partial charge in [0, 0.05) is 44.0 Å². The van der Waals surface area contributed by atoms with Crippen LogP contribution in [-0.4, -0.2) is 49.7 Å². The molecule has 2 aliphatic rings. The van der Waals surface area contributed by atoms with Crippen LogP contribution in [0.5, 0.6) is 0 Å². The molecular weight excluding hydrogens is 402 g/mol. The van der Waals surface area contributed by atoms with E-state index < -0.39 is 14.8 Å². The van der Waals surface area contributed by atoms with Gasteiger partial charge < -0.3 is 4.90 Å². The van der Waals surface area contributed by atoms with Crippen LogP contribution in [-0.2, 0) is 16.4 Å². The average molecular weight is 430 g/mol. The zero-order chi connectivity index (χ0) is 21.5. The second-order valence-corrected chi connectivity index (χ2v) is 10.5. The fourth-order valence-electron chi connectivity index (χ4n) is 4.99. The molecule has 7 nitrogen and oxygen atoms in total. The second kappa shape index (κ2) is 8.00. The molecule has 2 aliphatic heterocycles. The van der Waals surface area contributed by atoms with Crippen molar-refractivity contribution in [2.75, 3.05) is 18.2 Å². The van der Waals surface area contributed by atoms with Gasteiger partial charge in [-0.15, -0.1) is 0 Å². The maximum absolute atomic E-state index is 11.8. The van der Waals surface area contributed by atoms with Gasteiger partial charge in [0.05, 0.1) is 9.82 Å². The zero-order valence-electron chi connectivity index (χ0n) is 17.3. The Morgan fingerprint density at radius 1 is 1.10 bits per heavy atom. The topological polar surface area (TPSA) is 83.8 Å². The number of nitro groups is 1. The molecule has 8 heteroatoms. The number of hydrogen-bond acceptors (Lipinski definition) is 6. The zero-order valence-corrected chi connectivity index (χ0v) is 18.1. The number of sulfone groups is 1. The number of piperidine rings is 1. The molecule has 2 unspecified atom stereocenters. The molecule has 2 bridgehead atoms. The lowest BCUT2D eigenvalue weighted by molar-refractivity contribution is -0.384. The molecule has 0 aliphatic carbocycles. The molecule has 2 atom stereocenters. The van der Waals surface area contributed by atoms with Crippen LogP contribution in [0.25, 0.3) is 0 Å². The van der Waals surface area contributed by atoms with E-state index in [-0.39, 0.29) is 16.6 Å². The Kier molecular flexibility index (Phi) is 5.55. The molecule has 0 amide bonds. The van der Waals surface area contributed by atoms with Crippen molar-refractivity contribution in [3.8, 4) is 0 Å². The van der Waals surface area contributed by atoms with Crippen LogP contribution in [0.4, 0.5) is 11.4 Å². The molecule has 0 aromatic heterocycles. The molecule has 2 aromatic rings. The minimum atomic E-state index is -3.50. The molecule has 0 saturated carbocycles. The summed E-state index contributed by atoms with van der Waals surface area (Å²) in [5.41, 5.74) is 1.64. The molecular formula is C22H27N3O4S. The Balaban J connectivity index is 1.54. The number of fused-ring (bicyclic) bond motifs is 2. The largest absolute Gasteiger partial charge is 0.366 e. The highest BCUT2D eigenvalue weighted by atomic mass is 32.2. The summed E-state index contributed by atoms with van der Waals surface area (Å²) in [6.07, 6.45) is 5.26. The number of rotatable bonds is 6. The van der Waals surface area contributed by atoms with Crippen LogP contribution in [0.3, 0.4) is 0 Å². The molecule has 0 N–H and O–H groups in total. The Morgan fingerprint density at radius 2 is 1.73 bits per heavy atom. The predicted octanol–water partition coefficient (Wildman–Crippen LogP) is 3.63. The van der Waals surface area contributed by atoms with Gasteiger partial charge in [-0.3, -0.25) is 15.0 Å². The highest BCUT2D eigenvalue weighted by Crippen LogP contribution is 2.41. The van der Waals surface area contributed by atoms with Crippen LogP contribution in [0.1, 0.15) is 31.2 Å². The summed E-state index contributed by atoms with van der Waals surface area (Å²) in [5, 5.41) is 11.7. The molecule has 30 heavy (non-hydrogen) atoms. The molecule has 0 spiro atoms. The highest BCUT2D eigenvalue weighted by molar-refractivity contribution is 7.90. The van der Waals surface area contributed by atoms with Crippen molar-refractivity contribution in [1.29, 1.82) is 0 Å². The molecule has 2 aromatic carbocycles. The van der Waals surface area contributed by atoms with Crippen molar-refractivity contribution in [2.24, 2.45) is 0 Å². The lowest BCUT2D eigenvalue weighted by atomic mass is 9.95. The third-order valence-corrected chi connectivity index (χ3v) is 7.68. The van der Waals surface area contributed by atoms with Crippen molar-refractivity contribution in [1.82, 2.24) is 4.90 Å². The molecule has 2 fully saturated rings. The highest BCUT2D eigenvalue weighted by Gasteiger charge is 2.42. The number of nitrogens with zero attached hydrogens (tertiary/aromatic N) is 3. The van der Waals surface area contributed by atoms with Gasteiger partial charge in [0.2, 0.25) is 0 Å². The SMILES string of the molecule is CN(c1ccc(S(C)(=O)=O)cc1[N+](=O)[O-])C1CC2CCC(C1)N2Cc1ccccc1. The van der Waals surface area contributed by atoms with Gasteiger partial charge in [0.25, 0.3) is 5.69 Å². The summed E-state index contributed by atoms with van der Waals surface area (Å²) in [7, 11) is -1.61. The van der Waals surface area contributed by atoms with E-state index in [4.69, 9.17) is 0 Å². The standard InChI is InChI=1S/C22H27N3O4S/c1-23(21-11-10-20(30(2,28)29)14-22(21)25(26)27)19-12-17-8-9-18(13-19)24(17)15-16-6-4-3-5-7-16/h3-7,10-11,14,17-19H,8-9,12-13,15H2,1-2H3. The van der Waals surface area contributed by atoms with E-state index in [2.05, 4.69) is 29.2 Å². The fraction of sp³-hybridized carbons (Fsp3) is 0.455. The van der Waals surface area contributed by atoms with Gasteiger partial charge in [-0.1, -0.05) is 30.3 Å². The van der Waals surface area contributed by atoms with Crippen molar-refractivity contribution in [3.05, 3.63) is 64.2 Å². The summed E-state index contributed by atoms with van der Waals surface area (Å²) in [5.74, 6) is 0. The molecule has 160 valence electrons. The van der Waals surface area contributed by atoms with Crippen molar-refractivity contribution >= 4 is 21.2 Å². The quantitative estimate of drug-likeness (QED) is 0.515. The first kappa shape index (κ1) is 20.8. The smallest absolute Gasteiger partial charge is 0.293 e. The minimum absolute atomic E-state index is 0.0240. The molecule has 0 radical (unpaired) electrons. The Labute approximate surface area is 177 Å². The predicted molar refractivity (Wildman–Crippen MR) is 116 cm³/mol. The van der Waals surface area contributed by atoms with Gasteiger partial charge in [-0.05, 0) is 43.4 Å². The van der Waals surface area contributed by atoms with Crippen molar-refractivity contribution in [3.63, 3.8) is 0 Å². The third kappa shape index (κ3) is 4.06. The van der Waals surface area contributed by atoms with Crippen LogP contribution in [0.2, 0.25) is 0 Å². The summed E-state index contributed by atoms with van der Waals surface area (Å²) in [6, 6.07) is 15.8. The van der Waals surface area contributed by atoms with Crippen LogP contribution in [0, 0.1) is 10.1 Å². The van der Waals surface area contributed by atoms with Crippen molar-refractivity contribution < 1.29 is 13.3 Å². The molecule has 4 rings (SSSR count). The number of benzene rings is 2. The minimum Gasteiger partial charge on any atom is -0.366 e. The molecule has 2 heterocycles. The third-order valence-electron chi connectivity index (χ3n) is 6.57. The molecule has 2 saturated heterocycles. The Morgan fingerprint density at radius 3 is 2.30 bits per heavy atom. The van der Waals surface area contributed by atoms with Crippen LogP contribution >= 0.6 is 0 Å². The van der Waals surface area contributed by atoms with Gasteiger partial charge in [0.15, 0.2) is 9.84 Å². The van der Waals surface area contributed by atoms with Gasteiger partial charge in [0.1, 0.15) is 5.69 Å². The first-order chi connectivity index (χ1) is 14.2. The van der Waals surface area contributed by atoms with E-state index >= 15 is 0 Å². The van der Waals surface area contributed by atoms with E-state index in [1.165, 1.54) is 17.7 Å². The van der Waals surface area contributed by atoms with Crippen LogP contribution < -0.4 is 4.90 Å². The number of nitro benzene ring substituents is 1. The lowest BCUT2D eigenvalue weighted by Gasteiger charge is -2.42. The average Bonchev–Trinajstić information content (AvgIpc) is 2.94. The van der Waals surface area contributed by atoms with Crippen molar-refractivity contribution in [2.45, 2.75) is 55.2 Å². The summed E-state index contributed by atoms with van der Waals surface area (Å²) < 4.78 is 23.7. The van der Waals surface area contributed by atoms with E-state index in [1.54, 1.807) is 6.07 Å². The van der Waals surface area contributed by atoms with Gasteiger partial charge in [-0.25, -0.2) is 8.42 Å². The van der Waals surface area contributed by atoms with Crippen LogP contribution in [0.15, 0.2) is 53.4 Å². The van der Waals surface area contributed by atoms with E-state index in [0.29, 0.717) is 17.8 Å². The number of hydrogen-bond donors (Lipinski definition) is 0. The van der Waals surface area contributed by atoms with E-state index in [9.17, 15) is 18.5 Å². The van der Waals surface area contributed by atoms with E-state index in [0.717, 1.165) is 38.5 Å². The second-order valence-electron chi connectivity index (χ2n) is 8.46. The summed E-state index contributed by atoms with van der Waals surface area (Å²) in [6.45, 7) is 0.940. The number of anilines is 1.